The Kier molecular flexibility index (Phi) is 8.25. The van der Waals surface area contributed by atoms with Crippen LogP contribution in [-0.4, -0.2) is 40.4 Å². The Morgan fingerprint density at radius 1 is 1.30 bits per heavy atom. The highest BCUT2D eigenvalue weighted by Crippen LogP contribution is 2.45. The number of hydrogen-bond acceptors (Lipinski definition) is 12. The van der Waals surface area contributed by atoms with E-state index in [1.54, 1.807) is 6.92 Å². The average molecular weight is 607 g/mol. The quantitative estimate of drug-likeness (QED) is 0.109. The topological polar surface area (TPSA) is 146 Å². The lowest BCUT2D eigenvalue weighted by Crippen LogP contribution is -2.16. The van der Waals surface area contributed by atoms with E-state index in [1.165, 1.54) is 31.6 Å². The third kappa shape index (κ3) is 5.84. The number of methoxy groups -OCH3 is 2. The van der Waals surface area contributed by atoms with Gasteiger partial charge in [0.25, 0.3) is 0 Å². The first kappa shape index (κ1) is 26.8. The molecule has 194 valence electrons. The van der Waals surface area contributed by atoms with Crippen LogP contribution in [0.4, 0.5) is 10.8 Å². The number of nitrogens with two attached hydrogens (primary N) is 1. The minimum Gasteiger partial charge on any atom is -0.507 e. The highest BCUT2D eigenvalue weighted by molar-refractivity contribution is 9.10. The van der Waals surface area contributed by atoms with Crippen LogP contribution in [-0.2, 0) is 4.74 Å². The molecule has 4 N–H and O–H groups in total. The SMILES string of the molecule is COC(=O)c1c(Br)c(OC)cc(O)c1C(S)CC(Nc1nc(-c2ccc(N)cc2)cs1)c1nc(C)no1. The third-order valence-corrected chi connectivity index (χ3v) is 7.53. The number of phenolic OH excluding ortho intramolecular Hbond substituents is 1. The number of ether oxygens (including phenoxy) is 2. The van der Waals surface area contributed by atoms with Gasteiger partial charge in [-0.25, -0.2) is 9.78 Å². The van der Waals surface area contributed by atoms with Crippen LogP contribution >= 0.6 is 39.9 Å². The molecule has 10 nitrogen and oxygen atoms in total. The number of rotatable bonds is 9. The van der Waals surface area contributed by atoms with Crippen LogP contribution in [0.25, 0.3) is 11.3 Å². The van der Waals surface area contributed by atoms with Crippen molar-refractivity contribution in [1.29, 1.82) is 0 Å². The summed E-state index contributed by atoms with van der Waals surface area (Å²) < 4.78 is 16.0. The standard InChI is InChI=1S/C24H24BrN5O5S2/c1-11-27-22(35-30-11)14(28-24-29-15(10-37-24)12-4-6-13(26)7-5-12)8-18(36)19-16(31)9-17(33-2)21(25)20(19)23(32)34-3/h4-7,9-10,14,18,31,36H,8,26H2,1-3H3,(H,28,29). The van der Waals surface area contributed by atoms with Gasteiger partial charge in [0.05, 0.1) is 29.9 Å². The minimum absolute atomic E-state index is 0.111. The van der Waals surface area contributed by atoms with E-state index in [0.29, 0.717) is 27.0 Å². The highest BCUT2D eigenvalue weighted by atomic mass is 79.9. The largest absolute Gasteiger partial charge is 0.507 e. The molecule has 0 saturated carbocycles. The Morgan fingerprint density at radius 3 is 2.65 bits per heavy atom. The average Bonchev–Trinajstić information content (AvgIpc) is 3.53. The van der Waals surface area contributed by atoms with Crippen LogP contribution in [0.5, 0.6) is 11.5 Å². The summed E-state index contributed by atoms with van der Waals surface area (Å²) >= 11 is 9.55. The molecule has 2 heterocycles. The van der Waals surface area contributed by atoms with Gasteiger partial charge in [0.15, 0.2) is 11.0 Å². The molecule has 4 aromatic rings. The summed E-state index contributed by atoms with van der Waals surface area (Å²) in [6.07, 6.45) is 0.248. The normalized spacial score (nSPS) is 12.7. The zero-order valence-corrected chi connectivity index (χ0v) is 23.4. The van der Waals surface area contributed by atoms with E-state index in [1.807, 2.05) is 29.6 Å². The van der Waals surface area contributed by atoms with Crippen molar-refractivity contribution in [1.82, 2.24) is 15.1 Å². The number of aromatic nitrogens is 3. The molecule has 37 heavy (non-hydrogen) atoms. The lowest BCUT2D eigenvalue weighted by molar-refractivity contribution is 0.0597. The second-order valence-electron chi connectivity index (χ2n) is 7.98. The molecule has 13 heteroatoms. The minimum atomic E-state index is -0.655. The van der Waals surface area contributed by atoms with E-state index in [-0.39, 0.29) is 29.0 Å². The van der Waals surface area contributed by atoms with Crippen LogP contribution in [0.1, 0.15) is 45.3 Å². The van der Waals surface area contributed by atoms with Crippen molar-refractivity contribution in [2.45, 2.75) is 24.6 Å². The number of thiazole rings is 1. The maximum Gasteiger partial charge on any atom is 0.339 e. The lowest BCUT2D eigenvalue weighted by atomic mass is 9.97. The summed E-state index contributed by atoms with van der Waals surface area (Å²) in [4.78, 5) is 21.7. The zero-order valence-electron chi connectivity index (χ0n) is 20.1. The predicted molar refractivity (Wildman–Crippen MR) is 147 cm³/mol. The summed E-state index contributed by atoms with van der Waals surface area (Å²) in [6.45, 7) is 1.71. The molecule has 4 rings (SSSR count). The van der Waals surface area contributed by atoms with Gasteiger partial charge in [0.1, 0.15) is 17.5 Å². The number of esters is 1. The molecule has 2 unspecified atom stereocenters. The number of nitrogens with one attached hydrogen (secondary N) is 1. The van der Waals surface area contributed by atoms with Gasteiger partial charge >= 0.3 is 5.97 Å². The van der Waals surface area contributed by atoms with Gasteiger partial charge < -0.3 is 30.2 Å². The molecule has 0 fully saturated rings. The highest BCUT2D eigenvalue weighted by Gasteiger charge is 2.31. The van der Waals surface area contributed by atoms with Crippen molar-refractivity contribution in [3.63, 3.8) is 0 Å². The molecule has 0 spiro atoms. The number of aryl methyl sites for hydroxylation is 1. The summed E-state index contributed by atoms with van der Waals surface area (Å²) in [7, 11) is 2.69. The van der Waals surface area contributed by atoms with Crippen molar-refractivity contribution in [2.75, 3.05) is 25.3 Å². The number of thiol groups is 1. The van der Waals surface area contributed by atoms with Crippen LogP contribution in [0.15, 0.2) is 44.7 Å². The van der Waals surface area contributed by atoms with Gasteiger partial charge in [0.2, 0.25) is 5.89 Å². The Labute approximate surface area is 230 Å². The Hall–Kier alpha value is -3.29. The van der Waals surface area contributed by atoms with Crippen molar-refractivity contribution in [2.24, 2.45) is 0 Å². The van der Waals surface area contributed by atoms with Crippen molar-refractivity contribution >= 4 is 56.7 Å². The second-order valence-corrected chi connectivity index (χ2v) is 10.3. The molecular weight excluding hydrogens is 582 g/mol. The number of phenols is 1. The van der Waals surface area contributed by atoms with Crippen LogP contribution < -0.4 is 15.8 Å². The summed E-state index contributed by atoms with van der Waals surface area (Å²) in [6, 6.07) is 8.30. The monoisotopic (exact) mass is 605 g/mol. The molecule has 0 radical (unpaired) electrons. The number of nitrogens with zero attached hydrogens (tertiary/aromatic N) is 3. The first-order chi connectivity index (χ1) is 17.7. The molecular formula is C24H24BrN5O5S2. The number of carbonyl (C=O) groups is 1. The molecule has 2 atom stereocenters. The van der Waals surface area contributed by atoms with E-state index in [9.17, 15) is 9.90 Å². The van der Waals surface area contributed by atoms with Gasteiger partial charge in [-0.3, -0.25) is 0 Å². The van der Waals surface area contributed by atoms with E-state index >= 15 is 0 Å². The third-order valence-electron chi connectivity index (χ3n) is 5.50. The maximum absolute atomic E-state index is 12.7. The van der Waals surface area contributed by atoms with Crippen LogP contribution in [0.2, 0.25) is 0 Å². The number of carbonyl (C=O) groups excluding carboxylic acids is 1. The number of anilines is 2. The van der Waals surface area contributed by atoms with Gasteiger partial charge in [-0.2, -0.15) is 17.6 Å². The van der Waals surface area contributed by atoms with Crippen LogP contribution in [0.3, 0.4) is 0 Å². The molecule has 0 amide bonds. The molecule has 0 bridgehead atoms. The first-order valence-corrected chi connectivity index (χ1v) is 13.1. The Bertz CT molecular complexity index is 1410. The summed E-state index contributed by atoms with van der Waals surface area (Å²) in [5, 5.41) is 19.9. The summed E-state index contributed by atoms with van der Waals surface area (Å²) in [5.74, 6) is 0.237. The molecule has 2 aromatic heterocycles. The van der Waals surface area contributed by atoms with Crippen molar-refractivity contribution in [3.8, 4) is 22.8 Å². The Balaban J connectivity index is 1.67. The van der Waals surface area contributed by atoms with Gasteiger partial charge in [-0.15, -0.1) is 11.3 Å². The van der Waals surface area contributed by atoms with Gasteiger partial charge in [-0.05, 0) is 41.4 Å². The number of benzene rings is 2. The fourth-order valence-corrected chi connectivity index (χ4v) is 5.61. The fourth-order valence-electron chi connectivity index (χ4n) is 3.72. The molecule has 0 aliphatic rings. The molecule has 0 aliphatic carbocycles. The van der Waals surface area contributed by atoms with Crippen molar-refractivity contribution < 1.29 is 23.9 Å². The second kappa shape index (κ2) is 11.4. The smallest absolute Gasteiger partial charge is 0.339 e. The predicted octanol–water partition coefficient (Wildman–Crippen LogP) is 5.56. The Morgan fingerprint density at radius 2 is 2.03 bits per heavy atom. The molecule has 2 aromatic carbocycles. The van der Waals surface area contributed by atoms with E-state index in [2.05, 4.69) is 36.4 Å². The number of hydrogen-bond donors (Lipinski definition) is 4. The number of halogens is 1. The summed E-state index contributed by atoms with van der Waals surface area (Å²) in [5.41, 5.74) is 8.55. The van der Waals surface area contributed by atoms with E-state index < -0.39 is 17.3 Å². The van der Waals surface area contributed by atoms with E-state index in [0.717, 1.165) is 11.3 Å². The number of aromatic hydroxyl groups is 1. The fraction of sp³-hybridized carbons (Fsp3) is 0.250. The molecule has 0 saturated heterocycles. The lowest BCUT2D eigenvalue weighted by Gasteiger charge is -2.22. The zero-order chi connectivity index (χ0) is 26.7. The number of nitrogen functional groups attached to an aromatic ring is 1. The maximum atomic E-state index is 12.7. The van der Waals surface area contributed by atoms with Crippen LogP contribution in [0, 0.1) is 6.92 Å². The van der Waals surface area contributed by atoms with Crippen molar-refractivity contribution in [3.05, 3.63) is 63.0 Å². The van der Waals surface area contributed by atoms with E-state index in [4.69, 9.17) is 32.4 Å². The first-order valence-electron chi connectivity index (χ1n) is 11.0. The van der Waals surface area contributed by atoms with Gasteiger partial charge in [-0.1, -0.05) is 17.3 Å². The molecule has 0 aliphatic heterocycles. The van der Waals surface area contributed by atoms with Gasteiger partial charge in [0, 0.05) is 33.5 Å².